The van der Waals surface area contributed by atoms with Gasteiger partial charge in [0.15, 0.2) is 11.2 Å². The molecule has 0 aliphatic carbocycles. The molecule has 0 fully saturated rings. The average Bonchev–Trinajstić information content (AvgIpc) is 2.82. The monoisotopic (exact) mass is 301 g/mol. The molecule has 0 spiro atoms. The van der Waals surface area contributed by atoms with E-state index in [1.54, 1.807) is 22.2 Å². The maximum Gasteiger partial charge on any atom is 0.282 e. The molecule has 0 aliphatic rings. The molecule has 108 valence electrons. The summed E-state index contributed by atoms with van der Waals surface area (Å²) in [5.74, 6) is 0. The van der Waals surface area contributed by atoms with Gasteiger partial charge in [0.25, 0.3) is 5.56 Å². The highest BCUT2D eigenvalue weighted by atomic mass is 32.1. The largest absolute Gasteiger partial charge is 0.287 e. The average molecular weight is 301 g/mol. The molecule has 6 nitrogen and oxygen atoms in total. The molecule has 0 saturated carbocycles. The zero-order valence-corrected chi connectivity index (χ0v) is 12.9. The second-order valence-corrected chi connectivity index (χ2v) is 6.04. The Morgan fingerprint density at radius 3 is 2.67 bits per heavy atom. The molecule has 0 bridgehead atoms. The standard InChI is InChI=1S/C14H15N5OS/c1-4-10(13-18-8(2)9(3)21-13)19-7-17-12-11(14(19)20)15-5-6-16-12/h5-7,10H,4H2,1-3H3. The topological polar surface area (TPSA) is 73.6 Å². The highest BCUT2D eigenvalue weighted by Crippen LogP contribution is 2.27. The highest BCUT2D eigenvalue weighted by Gasteiger charge is 2.19. The normalized spacial score (nSPS) is 12.7. The van der Waals surface area contributed by atoms with Crippen LogP contribution in [-0.2, 0) is 0 Å². The Hall–Kier alpha value is -2.15. The molecule has 7 heteroatoms. The molecule has 0 radical (unpaired) electrons. The number of aromatic nitrogens is 5. The van der Waals surface area contributed by atoms with Crippen molar-refractivity contribution in [3.05, 3.63) is 44.7 Å². The lowest BCUT2D eigenvalue weighted by molar-refractivity contribution is 0.540. The zero-order chi connectivity index (χ0) is 15.0. The number of fused-ring (bicyclic) bond motifs is 1. The van der Waals surface area contributed by atoms with Gasteiger partial charge in [0.2, 0.25) is 0 Å². The van der Waals surface area contributed by atoms with Gasteiger partial charge in [-0.1, -0.05) is 6.92 Å². The Morgan fingerprint density at radius 2 is 2.00 bits per heavy atom. The van der Waals surface area contributed by atoms with Crippen LogP contribution in [0.2, 0.25) is 0 Å². The smallest absolute Gasteiger partial charge is 0.282 e. The van der Waals surface area contributed by atoms with E-state index in [-0.39, 0.29) is 11.6 Å². The summed E-state index contributed by atoms with van der Waals surface area (Å²) in [4.78, 5) is 30.7. The van der Waals surface area contributed by atoms with Crippen molar-refractivity contribution < 1.29 is 0 Å². The molecule has 3 heterocycles. The molecule has 21 heavy (non-hydrogen) atoms. The van der Waals surface area contributed by atoms with Crippen molar-refractivity contribution in [1.82, 2.24) is 24.5 Å². The fourth-order valence-corrected chi connectivity index (χ4v) is 3.33. The summed E-state index contributed by atoms with van der Waals surface area (Å²) in [6, 6.07) is -0.117. The van der Waals surface area contributed by atoms with E-state index < -0.39 is 0 Å². The molecular formula is C14H15N5OS. The number of thiazole rings is 1. The summed E-state index contributed by atoms with van der Waals surface area (Å²) < 4.78 is 1.61. The first-order chi connectivity index (χ1) is 10.1. The number of aryl methyl sites for hydroxylation is 2. The fourth-order valence-electron chi connectivity index (χ4n) is 2.22. The summed E-state index contributed by atoms with van der Waals surface area (Å²) in [7, 11) is 0. The number of hydrogen-bond acceptors (Lipinski definition) is 6. The molecule has 0 N–H and O–H groups in total. The summed E-state index contributed by atoms with van der Waals surface area (Å²) in [6.07, 6.45) is 5.34. The fraction of sp³-hybridized carbons (Fsp3) is 0.357. The minimum Gasteiger partial charge on any atom is -0.287 e. The second kappa shape index (κ2) is 5.33. The van der Waals surface area contributed by atoms with Crippen LogP contribution in [-0.4, -0.2) is 24.5 Å². The van der Waals surface area contributed by atoms with E-state index in [0.29, 0.717) is 11.2 Å². The Labute approximate surface area is 125 Å². The maximum atomic E-state index is 12.6. The number of rotatable bonds is 3. The van der Waals surface area contributed by atoms with Crippen molar-refractivity contribution in [1.29, 1.82) is 0 Å². The van der Waals surface area contributed by atoms with Gasteiger partial charge in [-0.15, -0.1) is 11.3 Å². The Morgan fingerprint density at radius 1 is 1.24 bits per heavy atom. The van der Waals surface area contributed by atoms with E-state index in [4.69, 9.17) is 0 Å². The molecule has 3 aromatic heterocycles. The van der Waals surface area contributed by atoms with Crippen molar-refractivity contribution in [3.63, 3.8) is 0 Å². The lowest BCUT2D eigenvalue weighted by Crippen LogP contribution is -2.26. The van der Waals surface area contributed by atoms with Crippen molar-refractivity contribution in [2.24, 2.45) is 0 Å². The molecule has 3 aromatic rings. The molecule has 1 atom stereocenters. The second-order valence-electron chi connectivity index (χ2n) is 4.80. The minimum absolute atomic E-state index is 0.117. The summed E-state index contributed by atoms with van der Waals surface area (Å²) in [6.45, 7) is 6.05. The Kier molecular flexibility index (Phi) is 3.50. The molecule has 0 aromatic carbocycles. The molecule has 1 unspecified atom stereocenters. The summed E-state index contributed by atoms with van der Waals surface area (Å²) in [5.41, 5.74) is 1.50. The quantitative estimate of drug-likeness (QED) is 0.742. The van der Waals surface area contributed by atoms with E-state index in [2.05, 4.69) is 19.9 Å². The number of hydrogen-bond donors (Lipinski definition) is 0. The van der Waals surface area contributed by atoms with Crippen LogP contribution >= 0.6 is 11.3 Å². The third-order valence-corrected chi connectivity index (χ3v) is 4.65. The Balaban J connectivity index is 2.17. The molecule has 3 rings (SSSR count). The number of nitrogens with zero attached hydrogens (tertiary/aromatic N) is 5. The molecular weight excluding hydrogens is 286 g/mol. The molecule has 0 saturated heterocycles. The highest BCUT2D eigenvalue weighted by molar-refractivity contribution is 7.11. The van der Waals surface area contributed by atoms with Crippen LogP contribution in [0.4, 0.5) is 0 Å². The maximum absolute atomic E-state index is 12.6. The van der Waals surface area contributed by atoms with E-state index >= 15 is 0 Å². The van der Waals surface area contributed by atoms with Crippen molar-refractivity contribution in [2.45, 2.75) is 33.2 Å². The van der Waals surface area contributed by atoms with E-state index in [1.165, 1.54) is 17.3 Å². The molecule has 0 aliphatic heterocycles. The van der Waals surface area contributed by atoms with Crippen LogP contribution < -0.4 is 5.56 Å². The van der Waals surface area contributed by atoms with Gasteiger partial charge in [-0.25, -0.2) is 19.9 Å². The van der Waals surface area contributed by atoms with Crippen molar-refractivity contribution in [2.75, 3.05) is 0 Å². The van der Waals surface area contributed by atoms with Crippen molar-refractivity contribution >= 4 is 22.5 Å². The van der Waals surface area contributed by atoms with Crippen LogP contribution in [0.1, 0.15) is 35.0 Å². The van der Waals surface area contributed by atoms with Gasteiger partial charge in [0, 0.05) is 17.3 Å². The first kappa shape index (κ1) is 13.8. The van der Waals surface area contributed by atoms with Crippen LogP contribution in [0, 0.1) is 13.8 Å². The van der Waals surface area contributed by atoms with Gasteiger partial charge < -0.3 is 0 Å². The van der Waals surface area contributed by atoms with Gasteiger partial charge in [-0.2, -0.15) is 0 Å². The Bertz CT molecular complexity index is 834. The van der Waals surface area contributed by atoms with E-state index in [1.807, 2.05) is 20.8 Å². The first-order valence-corrected chi connectivity index (χ1v) is 7.55. The van der Waals surface area contributed by atoms with E-state index in [9.17, 15) is 4.79 Å². The third kappa shape index (κ3) is 2.33. The van der Waals surface area contributed by atoms with Gasteiger partial charge in [-0.3, -0.25) is 9.36 Å². The van der Waals surface area contributed by atoms with Crippen LogP contribution in [0.25, 0.3) is 11.2 Å². The minimum atomic E-state index is -0.176. The van der Waals surface area contributed by atoms with E-state index in [0.717, 1.165) is 17.1 Å². The van der Waals surface area contributed by atoms with Crippen LogP contribution in [0.15, 0.2) is 23.5 Å². The lowest BCUT2D eigenvalue weighted by Gasteiger charge is -2.15. The predicted octanol–water partition coefficient (Wildman–Crippen LogP) is 2.26. The zero-order valence-electron chi connectivity index (χ0n) is 12.1. The first-order valence-electron chi connectivity index (χ1n) is 6.73. The third-order valence-electron chi connectivity index (χ3n) is 3.47. The lowest BCUT2D eigenvalue weighted by atomic mass is 10.2. The van der Waals surface area contributed by atoms with Gasteiger partial charge >= 0.3 is 0 Å². The van der Waals surface area contributed by atoms with Crippen molar-refractivity contribution in [3.8, 4) is 0 Å². The van der Waals surface area contributed by atoms with Gasteiger partial charge in [-0.05, 0) is 20.3 Å². The molecule has 0 amide bonds. The van der Waals surface area contributed by atoms with Gasteiger partial charge in [0.1, 0.15) is 11.3 Å². The SMILES string of the molecule is CCC(c1nc(C)c(C)s1)n1cnc2nccnc2c1=O. The predicted molar refractivity (Wildman–Crippen MR) is 81.6 cm³/mol. The van der Waals surface area contributed by atoms with Gasteiger partial charge in [0.05, 0.1) is 11.7 Å². The van der Waals surface area contributed by atoms with Crippen LogP contribution in [0.5, 0.6) is 0 Å². The van der Waals surface area contributed by atoms with Crippen LogP contribution in [0.3, 0.4) is 0 Å². The summed E-state index contributed by atoms with van der Waals surface area (Å²) in [5, 5.41) is 0.930. The summed E-state index contributed by atoms with van der Waals surface area (Å²) >= 11 is 1.62.